The summed E-state index contributed by atoms with van der Waals surface area (Å²) in [6.07, 6.45) is 0.798. The number of para-hydroxylation sites is 1. The highest BCUT2D eigenvalue weighted by Gasteiger charge is 2.11. The van der Waals surface area contributed by atoms with Crippen LogP contribution in [0.15, 0.2) is 64.0 Å². The highest BCUT2D eigenvalue weighted by atomic mass is 16.3. The lowest BCUT2D eigenvalue weighted by Crippen LogP contribution is -2.39. The summed E-state index contributed by atoms with van der Waals surface area (Å²) in [6, 6.07) is 17.8. The summed E-state index contributed by atoms with van der Waals surface area (Å²) in [5.74, 6) is 1.71. The van der Waals surface area contributed by atoms with Gasteiger partial charge in [-0.2, -0.15) is 0 Å². The molecule has 0 spiro atoms. The number of aliphatic imine (C=N–C) groups is 1. The van der Waals surface area contributed by atoms with Crippen LogP contribution in [0.25, 0.3) is 11.0 Å². The van der Waals surface area contributed by atoms with Gasteiger partial charge in [0.1, 0.15) is 11.3 Å². The number of benzene rings is 2. The van der Waals surface area contributed by atoms with Gasteiger partial charge in [-0.15, -0.1) is 0 Å². The summed E-state index contributed by atoms with van der Waals surface area (Å²) in [6.45, 7) is 1.35. The first-order valence-electron chi connectivity index (χ1n) is 9.68. The van der Waals surface area contributed by atoms with E-state index in [4.69, 9.17) is 4.42 Å². The Morgan fingerprint density at radius 1 is 1.07 bits per heavy atom. The van der Waals surface area contributed by atoms with Gasteiger partial charge < -0.3 is 19.5 Å². The minimum Gasteiger partial charge on any atom is -0.459 e. The molecule has 0 saturated carbocycles. The summed E-state index contributed by atoms with van der Waals surface area (Å²) in [5, 5.41) is 4.48. The third-order valence-corrected chi connectivity index (χ3v) is 4.72. The Bertz CT molecular complexity index is 974. The van der Waals surface area contributed by atoms with Crippen molar-refractivity contribution in [3.05, 3.63) is 71.5 Å². The van der Waals surface area contributed by atoms with Gasteiger partial charge in [0.15, 0.2) is 5.96 Å². The van der Waals surface area contributed by atoms with E-state index < -0.39 is 0 Å². The number of amides is 1. The van der Waals surface area contributed by atoms with Gasteiger partial charge in [0.25, 0.3) is 5.91 Å². The van der Waals surface area contributed by atoms with Gasteiger partial charge >= 0.3 is 0 Å². The molecule has 2 aromatic carbocycles. The van der Waals surface area contributed by atoms with Crippen molar-refractivity contribution in [1.82, 2.24) is 15.1 Å². The molecule has 6 nitrogen and oxygen atoms in total. The monoisotopic (exact) mass is 392 g/mol. The van der Waals surface area contributed by atoms with Gasteiger partial charge in [-0.1, -0.05) is 30.3 Å². The fourth-order valence-corrected chi connectivity index (χ4v) is 3.24. The molecule has 0 aliphatic carbocycles. The maximum absolute atomic E-state index is 12.1. The molecule has 0 bridgehead atoms. The zero-order valence-electron chi connectivity index (χ0n) is 17.5. The Morgan fingerprint density at radius 2 is 1.86 bits per heavy atom. The van der Waals surface area contributed by atoms with E-state index in [-0.39, 0.29) is 5.91 Å². The molecule has 0 saturated heterocycles. The van der Waals surface area contributed by atoms with Gasteiger partial charge in [0.05, 0.1) is 6.54 Å². The van der Waals surface area contributed by atoms with Crippen molar-refractivity contribution in [1.29, 1.82) is 0 Å². The van der Waals surface area contributed by atoms with E-state index in [1.54, 1.807) is 26.0 Å². The summed E-state index contributed by atoms with van der Waals surface area (Å²) in [7, 11) is 7.28. The highest BCUT2D eigenvalue weighted by Crippen LogP contribution is 2.19. The maximum Gasteiger partial charge on any atom is 0.253 e. The number of furan rings is 1. The number of hydrogen-bond donors (Lipinski definition) is 1. The molecule has 1 amide bonds. The molecular formula is C23H28N4O2. The van der Waals surface area contributed by atoms with Crippen molar-refractivity contribution < 1.29 is 9.21 Å². The van der Waals surface area contributed by atoms with Gasteiger partial charge in [-0.25, -0.2) is 0 Å². The lowest BCUT2D eigenvalue weighted by atomic mass is 10.1. The summed E-state index contributed by atoms with van der Waals surface area (Å²) >= 11 is 0. The van der Waals surface area contributed by atoms with E-state index in [1.807, 2.05) is 60.5 Å². The summed E-state index contributed by atoms with van der Waals surface area (Å²) in [5.41, 5.74) is 2.71. The number of carbonyl (C=O) groups is 1. The molecule has 0 fully saturated rings. The Kier molecular flexibility index (Phi) is 6.54. The van der Waals surface area contributed by atoms with E-state index in [1.165, 1.54) is 0 Å². The highest BCUT2D eigenvalue weighted by molar-refractivity contribution is 5.94. The predicted molar refractivity (Wildman–Crippen MR) is 117 cm³/mol. The van der Waals surface area contributed by atoms with Crippen molar-refractivity contribution in [2.45, 2.75) is 13.0 Å². The predicted octanol–water partition coefficient (Wildman–Crippen LogP) is 3.38. The molecule has 0 aliphatic heterocycles. The smallest absolute Gasteiger partial charge is 0.253 e. The van der Waals surface area contributed by atoms with E-state index in [0.29, 0.717) is 12.1 Å². The molecule has 1 N–H and O–H groups in total. The maximum atomic E-state index is 12.1. The second kappa shape index (κ2) is 9.28. The lowest BCUT2D eigenvalue weighted by molar-refractivity contribution is 0.0827. The van der Waals surface area contributed by atoms with Crippen molar-refractivity contribution in [3.8, 4) is 0 Å². The lowest BCUT2D eigenvalue weighted by Gasteiger charge is -2.21. The zero-order valence-corrected chi connectivity index (χ0v) is 17.5. The Morgan fingerprint density at radius 3 is 2.59 bits per heavy atom. The van der Waals surface area contributed by atoms with Crippen LogP contribution >= 0.6 is 0 Å². The van der Waals surface area contributed by atoms with Crippen LogP contribution in [0.5, 0.6) is 0 Å². The number of hydrogen-bond acceptors (Lipinski definition) is 3. The number of fused-ring (bicyclic) bond motifs is 1. The van der Waals surface area contributed by atoms with Gasteiger partial charge in [0, 0.05) is 45.7 Å². The first-order valence-corrected chi connectivity index (χ1v) is 9.68. The molecule has 152 valence electrons. The SMILES string of the molecule is CN=C(NCCc1cccc(C(=O)N(C)C)c1)N(C)Cc1cc2ccccc2o1. The van der Waals surface area contributed by atoms with E-state index >= 15 is 0 Å². The number of nitrogens with one attached hydrogen (secondary N) is 1. The minimum atomic E-state index is 0.0150. The van der Waals surface area contributed by atoms with Crippen molar-refractivity contribution in [2.24, 2.45) is 4.99 Å². The average Bonchev–Trinajstić information content (AvgIpc) is 3.12. The summed E-state index contributed by atoms with van der Waals surface area (Å²) < 4.78 is 5.90. The van der Waals surface area contributed by atoms with Crippen LogP contribution in [0.1, 0.15) is 21.7 Å². The van der Waals surface area contributed by atoms with Crippen LogP contribution in [-0.4, -0.2) is 56.4 Å². The molecule has 0 aliphatic rings. The molecule has 1 aromatic heterocycles. The Hall–Kier alpha value is -3.28. The fraction of sp³-hybridized carbons (Fsp3) is 0.304. The quantitative estimate of drug-likeness (QED) is 0.516. The number of nitrogens with zero attached hydrogens (tertiary/aromatic N) is 3. The van der Waals surface area contributed by atoms with Crippen LogP contribution in [0.3, 0.4) is 0 Å². The Balaban J connectivity index is 1.56. The molecule has 1 heterocycles. The molecule has 29 heavy (non-hydrogen) atoms. The third-order valence-electron chi connectivity index (χ3n) is 4.72. The van der Waals surface area contributed by atoms with Gasteiger partial charge in [0.2, 0.25) is 0 Å². The van der Waals surface area contributed by atoms with Gasteiger partial charge in [-0.3, -0.25) is 9.79 Å². The van der Waals surface area contributed by atoms with E-state index in [9.17, 15) is 4.79 Å². The van der Waals surface area contributed by atoms with E-state index in [2.05, 4.69) is 16.4 Å². The number of rotatable bonds is 6. The molecule has 0 atom stereocenters. The average molecular weight is 393 g/mol. The Labute approximate surface area is 171 Å². The minimum absolute atomic E-state index is 0.0150. The van der Waals surface area contributed by atoms with Crippen molar-refractivity contribution in [2.75, 3.05) is 34.7 Å². The number of carbonyl (C=O) groups excluding carboxylic acids is 1. The fourth-order valence-electron chi connectivity index (χ4n) is 3.24. The third kappa shape index (κ3) is 5.16. The molecule has 0 radical (unpaired) electrons. The van der Waals surface area contributed by atoms with Gasteiger partial charge in [-0.05, 0) is 36.2 Å². The van der Waals surface area contributed by atoms with Crippen LogP contribution in [0, 0.1) is 0 Å². The van der Waals surface area contributed by atoms with Crippen molar-refractivity contribution >= 4 is 22.8 Å². The first-order chi connectivity index (χ1) is 14.0. The zero-order chi connectivity index (χ0) is 20.8. The molecule has 6 heteroatoms. The number of guanidine groups is 1. The van der Waals surface area contributed by atoms with Crippen LogP contribution < -0.4 is 5.32 Å². The normalized spacial score (nSPS) is 11.5. The molecule has 3 rings (SSSR count). The van der Waals surface area contributed by atoms with Crippen LogP contribution in [0.4, 0.5) is 0 Å². The van der Waals surface area contributed by atoms with Crippen LogP contribution in [-0.2, 0) is 13.0 Å². The van der Waals surface area contributed by atoms with Crippen molar-refractivity contribution in [3.63, 3.8) is 0 Å². The first kappa shape index (κ1) is 20.5. The molecule has 3 aromatic rings. The largest absolute Gasteiger partial charge is 0.459 e. The molecular weight excluding hydrogens is 364 g/mol. The summed E-state index contributed by atoms with van der Waals surface area (Å²) in [4.78, 5) is 20.1. The standard InChI is InChI=1S/C23H28N4O2/c1-24-23(27(4)16-20-15-18-9-5-6-11-21(18)29-20)25-13-12-17-8-7-10-19(14-17)22(28)26(2)3/h5-11,14-15H,12-13,16H2,1-4H3,(H,24,25). The van der Waals surface area contributed by atoms with E-state index in [0.717, 1.165) is 41.2 Å². The molecule has 0 unspecified atom stereocenters. The van der Waals surface area contributed by atoms with Crippen LogP contribution in [0.2, 0.25) is 0 Å². The second-order valence-electron chi connectivity index (χ2n) is 7.23. The topological polar surface area (TPSA) is 61.1 Å². The second-order valence-corrected chi connectivity index (χ2v) is 7.23.